The van der Waals surface area contributed by atoms with E-state index < -0.39 is 12.0 Å². The Morgan fingerprint density at radius 1 is 1.55 bits per heavy atom. The summed E-state index contributed by atoms with van der Waals surface area (Å²) in [6.07, 6.45) is 2.11. The van der Waals surface area contributed by atoms with Crippen LogP contribution in [0.1, 0.15) is 12.7 Å². The van der Waals surface area contributed by atoms with Gasteiger partial charge in [0.2, 0.25) is 0 Å². The Hall–Kier alpha value is -2.02. The summed E-state index contributed by atoms with van der Waals surface area (Å²) in [5, 5.41) is 11.5. The van der Waals surface area contributed by atoms with Gasteiger partial charge in [-0.15, -0.1) is 0 Å². The van der Waals surface area contributed by atoms with Gasteiger partial charge in [-0.05, 0) is 19.1 Å². The molecule has 20 heavy (non-hydrogen) atoms. The number of ether oxygens (including phenoxy) is 1. The fourth-order valence-electron chi connectivity index (χ4n) is 1.70. The lowest BCUT2D eigenvalue weighted by Crippen LogP contribution is -2.47. The summed E-state index contributed by atoms with van der Waals surface area (Å²) in [6.45, 7) is 1.98. The molecular formula is C13H20N2O5. The SMILES string of the molecule is COCCN(CC(=O)O)C(=O)NC(C)Cc1ccco1. The first-order valence-corrected chi connectivity index (χ1v) is 6.31. The second-order valence-corrected chi connectivity index (χ2v) is 4.44. The van der Waals surface area contributed by atoms with Crippen molar-refractivity contribution < 1.29 is 23.8 Å². The Balaban J connectivity index is 2.48. The van der Waals surface area contributed by atoms with Crippen molar-refractivity contribution in [1.29, 1.82) is 0 Å². The molecule has 112 valence electrons. The summed E-state index contributed by atoms with van der Waals surface area (Å²) < 4.78 is 10.1. The van der Waals surface area contributed by atoms with Gasteiger partial charge in [0, 0.05) is 26.1 Å². The lowest BCUT2D eigenvalue weighted by atomic mass is 10.2. The largest absolute Gasteiger partial charge is 0.480 e. The maximum Gasteiger partial charge on any atom is 0.323 e. The van der Waals surface area contributed by atoms with E-state index in [1.807, 2.05) is 13.0 Å². The van der Waals surface area contributed by atoms with E-state index in [2.05, 4.69) is 5.32 Å². The zero-order valence-electron chi connectivity index (χ0n) is 11.7. The van der Waals surface area contributed by atoms with Gasteiger partial charge in [0.25, 0.3) is 0 Å². The predicted octanol–water partition coefficient (Wildman–Crippen LogP) is 0.953. The fourth-order valence-corrected chi connectivity index (χ4v) is 1.70. The lowest BCUT2D eigenvalue weighted by Gasteiger charge is -2.23. The fraction of sp³-hybridized carbons (Fsp3) is 0.538. The van der Waals surface area contributed by atoms with E-state index in [-0.39, 0.29) is 25.7 Å². The second kappa shape index (κ2) is 8.21. The van der Waals surface area contributed by atoms with E-state index in [9.17, 15) is 9.59 Å². The van der Waals surface area contributed by atoms with Crippen molar-refractivity contribution in [1.82, 2.24) is 10.2 Å². The number of aliphatic carboxylic acids is 1. The number of methoxy groups -OCH3 is 1. The van der Waals surface area contributed by atoms with Crippen molar-refractivity contribution in [3.8, 4) is 0 Å². The van der Waals surface area contributed by atoms with E-state index in [0.717, 1.165) is 5.76 Å². The van der Waals surface area contributed by atoms with Gasteiger partial charge >= 0.3 is 12.0 Å². The molecule has 0 spiro atoms. The molecule has 0 aliphatic heterocycles. The van der Waals surface area contributed by atoms with E-state index in [1.54, 1.807) is 12.3 Å². The smallest absolute Gasteiger partial charge is 0.323 e. The minimum atomic E-state index is -1.06. The number of amides is 2. The van der Waals surface area contributed by atoms with Gasteiger partial charge in [-0.1, -0.05) is 0 Å². The highest BCUT2D eigenvalue weighted by Crippen LogP contribution is 2.04. The summed E-state index contributed by atoms with van der Waals surface area (Å²) >= 11 is 0. The van der Waals surface area contributed by atoms with Crippen LogP contribution in [0.4, 0.5) is 4.79 Å². The van der Waals surface area contributed by atoms with Gasteiger partial charge in [0.05, 0.1) is 12.9 Å². The zero-order chi connectivity index (χ0) is 15.0. The molecule has 0 saturated carbocycles. The van der Waals surface area contributed by atoms with Gasteiger partial charge < -0.3 is 24.5 Å². The number of urea groups is 1. The van der Waals surface area contributed by atoms with Gasteiger partial charge in [-0.25, -0.2) is 4.79 Å². The Morgan fingerprint density at radius 3 is 2.85 bits per heavy atom. The molecule has 0 aliphatic rings. The van der Waals surface area contributed by atoms with Crippen LogP contribution in [0.2, 0.25) is 0 Å². The number of carboxylic acid groups (broad SMARTS) is 1. The minimum absolute atomic E-state index is 0.160. The zero-order valence-corrected chi connectivity index (χ0v) is 11.7. The quantitative estimate of drug-likeness (QED) is 0.741. The minimum Gasteiger partial charge on any atom is -0.480 e. The second-order valence-electron chi connectivity index (χ2n) is 4.44. The molecule has 0 aromatic carbocycles. The number of rotatable bonds is 8. The average molecular weight is 284 g/mol. The molecule has 1 atom stereocenters. The van der Waals surface area contributed by atoms with E-state index in [0.29, 0.717) is 6.42 Å². The average Bonchev–Trinajstić information content (AvgIpc) is 2.86. The van der Waals surface area contributed by atoms with E-state index >= 15 is 0 Å². The topological polar surface area (TPSA) is 92.0 Å². The van der Waals surface area contributed by atoms with Gasteiger partial charge in [-0.3, -0.25) is 4.79 Å². The van der Waals surface area contributed by atoms with Crippen LogP contribution in [0.5, 0.6) is 0 Å². The van der Waals surface area contributed by atoms with Crippen molar-refractivity contribution in [3.05, 3.63) is 24.2 Å². The molecule has 1 heterocycles. The van der Waals surface area contributed by atoms with Crippen molar-refractivity contribution in [2.45, 2.75) is 19.4 Å². The van der Waals surface area contributed by atoms with Crippen LogP contribution in [0.25, 0.3) is 0 Å². The third kappa shape index (κ3) is 5.75. The number of carboxylic acids is 1. The summed E-state index contributed by atoms with van der Waals surface area (Å²) in [7, 11) is 1.50. The molecular weight excluding hydrogens is 264 g/mol. The van der Waals surface area contributed by atoms with Gasteiger partial charge in [-0.2, -0.15) is 0 Å². The van der Waals surface area contributed by atoms with Crippen LogP contribution < -0.4 is 5.32 Å². The van der Waals surface area contributed by atoms with Crippen molar-refractivity contribution >= 4 is 12.0 Å². The molecule has 1 unspecified atom stereocenters. The molecule has 2 amide bonds. The van der Waals surface area contributed by atoms with Crippen LogP contribution >= 0.6 is 0 Å². The number of carbonyl (C=O) groups is 2. The molecule has 0 radical (unpaired) electrons. The molecule has 0 bridgehead atoms. The first-order chi connectivity index (χ1) is 9.52. The third-order valence-corrected chi connectivity index (χ3v) is 2.64. The van der Waals surface area contributed by atoms with Crippen LogP contribution in [-0.2, 0) is 16.0 Å². The first-order valence-electron chi connectivity index (χ1n) is 6.31. The molecule has 2 N–H and O–H groups in total. The molecule has 7 heteroatoms. The molecule has 0 aliphatic carbocycles. The Morgan fingerprint density at radius 2 is 2.30 bits per heavy atom. The Kier molecular flexibility index (Phi) is 6.58. The molecule has 7 nitrogen and oxygen atoms in total. The van der Waals surface area contributed by atoms with Crippen LogP contribution in [0.3, 0.4) is 0 Å². The summed E-state index contributed by atoms with van der Waals surface area (Å²) in [5.41, 5.74) is 0. The standard InChI is InChI=1S/C13H20N2O5/c1-10(8-11-4-3-6-20-11)14-13(18)15(5-7-19-2)9-12(16)17/h3-4,6,10H,5,7-9H2,1-2H3,(H,14,18)(H,16,17). The van der Waals surface area contributed by atoms with Crippen LogP contribution in [-0.4, -0.2) is 54.9 Å². The highest BCUT2D eigenvalue weighted by molar-refractivity contribution is 5.80. The van der Waals surface area contributed by atoms with Gasteiger partial charge in [0.1, 0.15) is 12.3 Å². The Labute approximate surface area is 117 Å². The number of nitrogens with one attached hydrogen (secondary N) is 1. The Bertz CT molecular complexity index is 418. The number of hydrogen-bond acceptors (Lipinski definition) is 4. The third-order valence-electron chi connectivity index (χ3n) is 2.64. The van der Waals surface area contributed by atoms with E-state index in [4.69, 9.17) is 14.3 Å². The van der Waals surface area contributed by atoms with E-state index in [1.165, 1.54) is 12.0 Å². The van der Waals surface area contributed by atoms with Crippen molar-refractivity contribution in [3.63, 3.8) is 0 Å². The maximum atomic E-state index is 12.0. The molecule has 0 saturated heterocycles. The molecule has 1 aromatic rings. The maximum absolute atomic E-state index is 12.0. The number of nitrogens with zero attached hydrogens (tertiary/aromatic N) is 1. The predicted molar refractivity (Wildman–Crippen MR) is 71.5 cm³/mol. The lowest BCUT2D eigenvalue weighted by molar-refractivity contribution is -0.137. The van der Waals surface area contributed by atoms with Crippen LogP contribution in [0, 0.1) is 0 Å². The number of furan rings is 1. The monoisotopic (exact) mass is 284 g/mol. The molecule has 1 rings (SSSR count). The van der Waals surface area contributed by atoms with Crippen LogP contribution in [0.15, 0.2) is 22.8 Å². The first kappa shape index (κ1) is 16.0. The van der Waals surface area contributed by atoms with Crippen molar-refractivity contribution in [2.24, 2.45) is 0 Å². The highest BCUT2D eigenvalue weighted by atomic mass is 16.5. The van der Waals surface area contributed by atoms with Crippen molar-refractivity contribution in [2.75, 3.05) is 26.8 Å². The molecule has 0 fully saturated rings. The normalized spacial score (nSPS) is 11.9. The molecule has 1 aromatic heterocycles. The number of hydrogen-bond donors (Lipinski definition) is 2. The highest BCUT2D eigenvalue weighted by Gasteiger charge is 2.18. The summed E-state index contributed by atoms with van der Waals surface area (Å²) in [4.78, 5) is 23.9. The van der Waals surface area contributed by atoms with Gasteiger partial charge in [0.15, 0.2) is 0 Å². The summed E-state index contributed by atoms with van der Waals surface area (Å²) in [6, 6.07) is 3.01. The number of carbonyl (C=O) groups excluding carboxylic acids is 1. The summed E-state index contributed by atoms with van der Waals surface area (Å²) in [5.74, 6) is -0.297.